The number of carbonyl (C=O) groups excluding carboxylic acids is 1. The molecule has 2 N–H and O–H groups in total. The van der Waals surface area contributed by atoms with Gasteiger partial charge in [0, 0.05) is 55.3 Å². The number of halogens is 1. The molecule has 5 rings (SSSR count). The number of anilines is 1. The van der Waals surface area contributed by atoms with Crippen molar-refractivity contribution in [1.82, 2.24) is 29.3 Å². The summed E-state index contributed by atoms with van der Waals surface area (Å²) < 4.78 is 8.23. The molecule has 0 radical (unpaired) electrons. The number of aromatic nitrogens is 4. The zero-order valence-electron chi connectivity index (χ0n) is 20.8. The van der Waals surface area contributed by atoms with Gasteiger partial charge in [-0.05, 0) is 58.2 Å². The Labute approximate surface area is 224 Å². The first-order valence-electron chi connectivity index (χ1n) is 12.5. The van der Waals surface area contributed by atoms with Crippen LogP contribution in [0, 0.1) is 0 Å². The molecule has 0 spiro atoms. The number of rotatable bonds is 7. The van der Waals surface area contributed by atoms with Crippen molar-refractivity contribution in [2.75, 3.05) is 38.5 Å². The molecule has 1 fully saturated rings. The second kappa shape index (κ2) is 11.3. The molecule has 0 bridgehead atoms. The van der Waals surface area contributed by atoms with Gasteiger partial charge in [0.1, 0.15) is 11.3 Å². The Morgan fingerprint density at radius 2 is 1.89 bits per heavy atom. The van der Waals surface area contributed by atoms with E-state index in [0.29, 0.717) is 31.3 Å². The highest BCUT2D eigenvalue weighted by molar-refractivity contribution is 9.10. The Balaban J connectivity index is 1.32. The Morgan fingerprint density at radius 3 is 2.62 bits per heavy atom. The smallest absolute Gasteiger partial charge is 0.409 e. The summed E-state index contributed by atoms with van der Waals surface area (Å²) >= 11 is 3.49. The summed E-state index contributed by atoms with van der Waals surface area (Å²) in [5.41, 5.74) is 10.6. The Hall–Kier alpha value is -3.50. The zero-order valence-corrected chi connectivity index (χ0v) is 22.4. The van der Waals surface area contributed by atoms with Crippen LogP contribution in [0.15, 0.2) is 59.3 Å². The van der Waals surface area contributed by atoms with Gasteiger partial charge in [0.2, 0.25) is 0 Å². The van der Waals surface area contributed by atoms with E-state index < -0.39 is 0 Å². The molecule has 0 atom stereocenters. The van der Waals surface area contributed by atoms with Crippen LogP contribution in [0.25, 0.3) is 28.2 Å². The van der Waals surface area contributed by atoms with Crippen LogP contribution in [-0.4, -0.2) is 68.2 Å². The lowest BCUT2D eigenvalue weighted by Gasteiger charge is -2.34. The van der Waals surface area contributed by atoms with Gasteiger partial charge in [0.05, 0.1) is 12.2 Å². The van der Waals surface area contributed by atoms with Crippen LogP contribution in [0.4, 0.5) is 10.6 Å². The number of imidazole rings is 1. The fourth-order valence-electron chi connectivity index (χ4n) is 4.46. The van der Waals surface area contributed by atoms with Gasteiger partial charge in [0.25, 0.3) is 0 Å². The summed E-state index contributed by atoms with van der Waals surface area (Å²) in [6.07, 6.45) is 5.16. The van der Waals surface area contributed by atoms with E-state index in [1.54, 1.807) is 17.3 Å². The molecule has 0 unspecified atom stereocenters. The molecule has 0 aliphatic carbocycles. The van der Waals surface area contributed by atoms with Crippen molar-refractivity contribution < 1.29 is 9.53 Å². The SMILES string of the molecule is CCCCOC(=O)N1CCN(Cc2ccc(-n3c(-c4cccnc4N)nc4cc(Br)cnc43)cc2)CC1. The van der Waals surface area contributed by atoms with Gasteiger partial charge in [-0.3, -0.25) is 9.47 Å². The number of unbranched alkanes of at least 4 members (excludes halogenated alkanes) is 1. The van der Waals surface area contributed by atoms with E-state index >= 15 is 0 Å². The molecule has 1 amide bonds. The number of pyridine rings is 2. The molecule has 37 heavy (non-hydrogen) atoms. The first-order valence-corrected chi connectivity index (χ1v) is 13.3. The lowest BCUT2D eigenvalue weighted by atomic mass is 10.1. The molecule has 0 saturated carbocycles. The van der Waals surface area contributed by atoms with E-state index in [4.69, 9.17) is 15.5 Å². The maximum absolute atomic E-state index is 12.2. The minimum absolute atomic E-state index is 0.198. The first kappa shape index (κ1) is 25.2. The van der Waals surface area contributed by atoms with Crippen LogP contribution in [0.5, 0.6) is 0 Å². The van der Waals surface area contributed by atoms with Crippen LogP contribution in [0.1, 0.15) is 25.3 Å². The van der Waals surface area contributed by atoms with Crippen molar-refractivity contribution in [2.45, 2.75) is 26.3 Å². The van der Waals surface area contributed by atoms with Crippen LogP contribution in [0.3, 0.4) is 0 Å². The molecular weight excluding hydrogens is 534 g/mol. The normalized spacial score (nSPS) is 14.3. The molecule has 10 heteroatoms. The first-order chi connectivity index (χ1) is 18.0. The third kappa shape index (κ3) is 5.60. The van der Waals surface area contributed by atoms with Gasteiger partial charge in [-0.1, -0.05) is 25.5 Å². The molecule has 4 aromatic rings. The number of nitrogens with zero attached hydrogens (tertiary/aromatic N) is 6. The van der Waals surface area contributed by atoms with Crippen LogP contribution < -0.4 is 5.73 Å². The van der Waals surface area contributed by atoms with Gasteiger partial charge in [-0.2, -0.15) is 0 Å². The molecule has 9 nitrogen and oxygen atoms in total. The number of fused-ring (bicyclic) bond motifs is 1. The monoisotopic (exact) mass is 563 g/mol. The highest BCUT2D eigenvalue weighted by atomic mass is 79.9. The lowest BCUT2D eigenvalue weighted by molar-refractivity contribution is 0.0738. The maximum atomic E-state index is 12.2. The van der Waals surface area contributed by atoms with E-state index in [1.165, 1.54) is 5.56 Å². The second-order valence-corrected chi connectivity index (χ2v) is 10.0. The summed E-state index contributed by atoms with van der Waals surface area (Å²) in [5.74, 6) is 1.11. The van der Waals surface area contributed by atoms with E-state index in [9.17, 15) is 4.79 Å². The fourth-order valence-corrected chi connectivity index (χ4v) is 4.78. The van der Waals surface area contributed by atoms with E-state index in [-0.39, 0.29) is 6.09 Å². The number of ether oxygens (including phenoxy) is 1. The predicted molar refractivity (Wildman–Crippen MR) is 147 cm³/mol. The molecule has 1 aliphatic heterocycles. The number of nitrogen functional groups attached to an aromatic ring is 1. The van der Waals surface area contributed by atoms with Crippen LogP contribution in [-0.2, 0) is 11.3 Å². The third-order valence-corrected chi connectivity index (χ3v) is 6.93. The molecule has 4 heterocycles. The van der Waals surface area contributed by atoms with E-state index in [2.05, 4.69) is 62.0 Å². The summed E-state index contributed by atoms with van der Waals surface area (Å²) in [5, 5.41) is 0. The number of carbonyl (C=O) groups is 1. The Kier molecular flexibility index (Phi) is 7.66. The van der Waals surface area contributed by atoms with Crippen molar-refractivity contribution in [3.63, 3.8) is 0 Å². The molecule has 192 valence electrons. The molecule has 1 aromatic carbocycles. The Bertz CT molecular complexity index is 1380. The van der Waals surface area contributed by atoms with Crippen molar-refractivity contribution in [2.24, 2.45) is 0 Å². The van der Waals surface area contributed by atoms with Gasteiger partial charge in [0.15, 0.2) is 11.5 Å². The fraction of sp³-hybridized carbons (Fsp3) is 0.333. The summed E-state index contributed by atoms with van der Waals surface area (Å²) in [4.78, 5) is 30.1. The zero-order chi connectivity index (χ0) is 25.8. The van der Waals surface area contributed by atoms with Gasteiger partial charge in [-0.25, -0.2) is 19.7 Å². The van der Waals surface area contributed by atoms with Crippen molar-refractivity contribution >= 4 is 39.0 Å². The van der Waals surface area contributed by atoms with Crippen LogP contribution >= 0.6 is 15.9 Å². The topological polar surface area (TPSA) is 102 Å². The molecule has 3 aromatic heterocycles. The highest BCUT2D eigenvalue weighted by Crippen LogP contribution is 2.31. The van der Waals surface area contributed by atoms with Crippen molar-refractivity contribution in [1.29, 1.82) is 0 Å². The van der Waals surface area contributed by atoms with Gasteiger partial charge >= 0.3 is 6.09 Å². The number of hydrogen-bond donors (Lipinski definition) is 1. The highest BCUT2D eigenvalue weighted by Gasteiger charge is 2.22. The lowest BCUT2D eigenvalue weighted by Crippen LogP contribution is -2.48. The number of nitrogens with two attached hydrogens (primary N) is 1. The third-order valence-electron chi connectivity index (χ3n) is 6.50. The minimum Gasteiger partial charge on any atom is -0.449 e. The number of amides is 1. The number of piperazine rings is 1. The predicted octanol–water partition coefficient (Wildman–Crippen LogP) is 4.88. The van der Waals surface area contributed by atoms with Crippen molar-refractivity contribution in [3.05, 3.63) is 64.9 Å². The number of benzene rings is 1. The quantitative estimate of drug-likeness (QED) is 0.319. The maximum Gasteiger partial charge on any atom is 0.409 e. The molecule has 1 saturated heterocycles. The molecular formula is C27H30BrN7O2. The van der Waals surface area contributed by atoms with E-state index in [1.807, 2.05) is 22.8 Å². The Morgan fingerprint density at radius 1 is 1.11 bits per heavy atom. The summed E-state index contributed by atoms with van der Waals surface area (Å²) in [7, 11) is 0. The van der Waals surface area contributed by atoms with E-state index in [0.717, 1.165) is 59.4 Å². The second-order valence-electron chi connectivity index (χ2n) is 9.10. The summed E-state index contributed by atoms with van der Waals surface area (Å²) in [6.45, 7) is 6.40. The largest absolute Gasteiger partial charge is 0.449 e. The van der Waals surface area contributed by atoms with Gasteiger partial charge < -0.3 is 15.4 Å². The van der Waals surface area contributed by atoms with Gasteiger partial charge in [-0.15, -0.1) is 0 Å². The van der Waals surface area contributed by atoms with Crippen LogP contribution in [0.2, 0.25) is 0 Å². The average molecular weight is 564 g/mol. The van der Waals surface area contributed by atoms with Crippen molar-refractivity contribution in [3.8, 4) is 17.1 Å². The average Bonchev–Trinajstić information content (AvgIpc) is 3.28. The summed E-state index contributed by atoms with van der Waals surface area (Å²) in [6, 6.07) is 14.1. The molecule has 1 aliphatic rings. The number of hydrogen-bond acceptors (Lipinski definition) is 7. The minimum atomic E-state index is -0.198. The standard InChI is InChI=1S/C27H30BrN7O2/c1-2-3-15-37-27(36)34-13-11-33(12-14-34)18-19-6-8-21(9-7-19)35-25(22-5-4-10-30-24(22)29)32-23-16-20(28)17-31-26(23)35/h4-10,16-17H,2-3,11-15,18H2,1H3,(H2,29,30).